The van der Waals surface area contributed by atoms with Crippen LogP contribution in [-0.4, -0.2) is 11.0 Å². The van der Waals surface area contributed by atoms with Gasteiger partial charge in [0.25, 0.3) is 5.91 Å². The molecule has 0 unspecified atom stereocenters. The predicted octanol–water partition coefficient (Wildman–Crippen LogP) is 1.39. The highest BCUT2D eigenvalue weighted by Gasteiger charge is 2.12. The van der Waals surface area contributed by atoms with Crippen molar-refractivity contribution in [2.45, 2.75) is 0 Å². The first-order chi connectivity index (χ1) is 5.52. The van der Waals surface area contributed by atoms with Crippen LogP contribution in [0.5, 0.6) is 5.75 Å². The summed E-state index contributed by atoms with van der Waals surface area (Å²) in [5.74, 6) is -2.51. The average molecular weight is 234 g/mol. The number of nitrogens with two attached hydrogens (primary N) is 1. The molecular weight excluding hydrogens is 229 g/mol. The number of rotatable bonds is 1. The minimum atomic E-state index is -0.995. The molecule has 5 heteroatoms. The van der Waals surface area contributed by atoms with Gasteiger partial charge in [-0.15, -0.1) is 0 Å². The Bertz CT molecular complexity index is 340. The van der Waals surface area contributed by atoms with Gasteiger partial charge in [0.1, 0.15) is 0 Å². The molecule has 0 saturated heterocycles. The van der Waals surface area contributed by atoms with E-state index in [0.29, 0.717) is 4.47 Å². The number of phenols is 1. The number of primary amides is 1. The lowest BCUT2D eigenvalue weighted by Crippen LogP contribution is -2.13. The summed E-state index contributed by atoms with van der Waals surface area (Å²) in [4.78, 5) is 10.6. The molecule has 0 spiro atoms. The van der Waals surface area contributed by atoms with E-state index < -0.39 is 17.5 Å². The fourth-order valence-corrected chi connectivity index (χ4v) is 1.20. The summed E-state index contributed by atoms with van der Waals surface area (Å²) >= 11 is 2.98. The van der Waals surface area contributed by atoms with Gasteiger partial charge in [-0.25, -0.2) is 4.39 Å². The minimum Gasteiger partial charge on any atom is -0.505 e. The highest BCUT2D eigenvalue weighted by Crippen LogP contribution is 2.24. The molecule has 0 radical (unpaired) electrons. The van der Waals surface area contributed by atoms with Crippen molar-refractivity contribution in [1.82, 2.24) is 0 Å². The number of amides is 1. The lowest BCUT2D eigenvalue weighted by Gasteiger charge is -2.01. The quantitative estimate of drug-likeness (QED) is 0.771. The SMILES string of the molecule is NC(=O)c1cc(Br)cc(O)c1F. The Morgan fingerprint density at radius 2 is 2.17 bits per heavy atom. The number of carbonyl (C=O) groups excluding carboxylic acids is 1. The van der Waals surface area contributed by atoms with Gasteiger partial charge in [-0.3, -0.25) is 4.79 Å². The normalized spacial score (nSPS) is 9.83. The molecule has 1 amide bonds. The van der Waals surface area contributed by atoms with Gasteiger partial charge in [0, 0.05) is 4.47 Å². The van der Waals surface area contributed by atoms with Gasteiger partial charge in [0.2, 0.25) is 0 Å². The molecule has 0 aromatic heterocycles. The third kappa shape index (κ3) is 1.55. The van der Waals surface area contributed by atoms with Gasteiger partial charge >= 0.3 is 0 Å². The van der Waals surface area contributed by atoms with Gasteiger partial charge in [-0.05, 0) is 12.1 Å². The third-order valence-corrected chi connectivity index (χ3v) is 1.74. The molecule has 0 saturated carbocycles. The monoisotopic (exact) mass is 233 g/mol. The highest BCUT2D eigenvalue weighted by atomic mass is 79.9. The van der Waals surface area contributed by atoms with Crippen LogP contribution < -0.4 is 5.73 Å². The zero-order chi connectivity index (χ0) is 9.30. The first kappa shape index (κ1) is 8.99. The maximum absolute atomic E-state index is 12.9. The predicted molar refractivity (Wildman–Crippen MR) is 44.3 cm³/mol. The Kier molecular flexibility index (Phi) is 2.32. The van der Waals surface area contributed by atoms with E-state index in [1.165, 1.54) is 6.07 Å². The molecule has 0 fully saturated rings. The molecule has 3 N–H and O–H groups in total. The molecule has 0 aliphatic heterocycles. The molecule has 0 bridgehead atoms. The lowest BCUT2D eigenvalue weighted by atomic mass is 10.2. The van der Waals surface area contributed by atoms with Gasteiger partial charge in [-0.1, -0.05) is 15.9 Å². The molecule has 1 rings (SSSR count). The molecule has 0 aliphatic rings. The maximum Gasteiger partial charge on any atom is 0.251 e. The van der Waals surface area contributed by atoms with Crippen LogP contribution in [0.15, 0.2) is 16.6 Å². The second-order valence-electron chi connectivity index (χ2n) is 2.15. The fourth-order valence-electron chi connectivity index (χ4n) is 0.754. The zero-order valence-electron chi connectivity index (χ0n) is 5.84. The average Bonchev–Trinajstić information content (AvgIpc) is 1.96. The van der Waals surface area contributed by atoms with E-state index >= 15 is 0 Å². The van der Waals surface area contributed by atoms with Crippen molar-refractivity contribution < 1.29 is 14.3 Å². The number of phenolic OH excluding ortho intramolecular Hbond substituents is 1. The molecule has 12 heavy (non-hydrogen) atoms. The topological polar surface area (TPSA) is 63.3 Å². The van der Waals surface area contributed by atoms with Crippen molar-refractivity contribution in [2.75, 3.05) is 0 Å². The summed E-state index contributed by atoms with van der Waals surface area (Å²) in [6, 6.07) is 2.35. The highest BCUT2D eigenvalue weighted by molar-refractivity contribution is 9.10. The van der Waals surface area contributed by atoms with Gasteiger partial charge in [-0.2, -0.15) is 0 Å². The summed E-state index contributed by atoms with van der Waals surface area (Å²) in [6.07, 6.45) is 0. The Hall–Kier alpha value is -1.10. The number of hydrogen-bond acceptors (Lipinski definition) is 2. The second-order valence-corrected chi connectivity index (χ2v) is 3.07. The largest absolute Gasteiger partial charge is 0.505 e. The first-order valence-electron chi connectivity index (χ1n) is 3.00. The molecule has 0 atom stereocenters. The second kappa shape index (κ2) is 3.10. The van der Waals surface area contributed by atoms with Crippen LogP contribution >= 0.6 is 15.9 Å². The van der Waals surface area contributed by atoms with Crippen molar-refractivity contribution in [2.24, 2.45) is 5.73 Å². The van der Waals surface area contributed by atoms with Crippen LogP contribution in [0.1, 0.15) is 10.4 Å². The van der Waals surface area contributed by atoms with E-state index in [1.807, 2.05) is 0 Å². The first-order valence-corrected chi connectivity index (χ1v) is 3.79. The zero-order valence-corrected chi connectivity index (χ0v) is 7.43. The van der Waals surface area contributed by atoms with E-state index in [0.717, 1.165) is 6.07 Å². The molecule has 3 nitrogen and oxygen atoms in total. The summed E-state index contributed by atoms with van der Waals surface area (Å²) in [6.45, 7) is 0. The van der Waals surface area contributed by atoms with Crippen molar-refractivity contribution in [3.8, 4) is 5.75 Å². The van der Waals surface area contributed by atoms with E-state index in [1.54, 1.807) is 0 Å². The standard InChI is InChI=1S/C7H5BrFNO2/c8-3-1-4(7(10)12)6(9)5(11)2-3/h1-2,11H,(H2,10,12). The number of carbonyl (C=O) groups is 1. The molecule has 64 valence electrons. The van der Waals surface area contributed by atoms with Crippen molar-refractivity contribution in [1.29, 1.82) is 0 Å². The Morgan fingerprint density at radius 1 is 1.58 bits per heavy atom. The minimum absolute atomic E-state index is 0.332. The Morgan fingerprint density at radius 3 is 2.67 bits per heavy atom. The van der Waals surface area contributed by atoms with Crippen LogP contribution in [0.3, 0.4) is 0 Å². The van der Waals surface area contributed by atoms with E-state index in [4.69, 9.17) is 10.8 Å². The molecule has 1 aromatic carbocycles. The third-order valence-electron chi connectivity index (χ3n) is 1.28. The van der Waals surface area contributed by atoms with Crippen LogP contribution in [0.25, 0.3) is 0 Å². The molecule has 0 aliphatic carbocycles. The van der Waals surface area contributed by atoms with Gasteiger partial charge < -0.3 is 10.8 Å². The summed E-state index contributed by atoms with van der Waals surface area (Å²) in [5.41, 5.74) is 4.51. The summed E-state index contributed by atoms with van der Waals surface area (Å²) < 4.78 is 13.3. The molecular formula is C7H5BrFNO2. The van der Waals surface area contributed by atoms with Crippen LogP contribution in [-0.2, 0) is 0 Å². The Balaban J connectivity index is 3.37. The smallest absolute Gasteiger partial charge is 0.251 e. The van der Waals surface area contributed by atoms with E-state index in [9.17, 15) is 9.18 Å². The summed E-state index contributed by atoms with van der Waals surface area (Å²) in [7, 11) is 0. The molecule has 0 heterocycles. The fraction of sp³-hybridized carbons (Fsp3) is 0. The van der Waals surface area contributed by atoms with E-state index in [2.05, 4.69) is 15.9 Å². The number of halogens is 2. The van der Waals surface area contributed by atoms with Crippen LogP contribution in [0.4, 0.5) is 4.39 Å². The van der Waals surface area contributed by atoms with Crippen LogP contribution in [0, 0.1) is 5.82 Å². The van der Waals surface area contributed by atoms with Crippen molar-refractivity contribution in [3.05, 3.63) is 28.0 Å². The number of hydrogen-bond donors (Lipinski definition) is 2. The van der Waals surface area contributed by atoms with Crippen molar-refractivity contribution in [3.63, 3.8) is 0 Å². The van der Waals surface area contributed by atoms with Gasteiger partial charge in [0.15, 0.2) is 11.6 Å². The molecule has 1 aromatic rings. The summed E-state index contributed by atoms with van der Waals surface area (Å²) in [5, 5.41) is 8.92. The number of aromatic hydroxyl groups is 1. The van der Waals surface area contributed by atoms with Gasteiger partial charge in [0.05, 0.1) is 5.56 Å². The number of benzene rings is 1. The maximum atomic E-state index is 12.9. The van der Waals surface area contributed by atoms with Crippen molar-refractivity contribution >= 4 is 21.8 Å². The van der Waals surface area contributed by atoms with E-state index in [-0.39, 0.29) is 5.56 Å². The lowest BCUT2D eigenvalue weighted by molar-refractivity contribution is 0.0995. The Labute approximate surface area is 76.1 Å². The van der Waals surface area contributed by atoms with Crippen LogP contribution in [0.2, 0.25) is 0 Å².